The van der Waals surface area contributed by atoms with Gasteiger partial charge in [0.1, 0.15) is 5.60 Å². The smallest absolute Gasteiger partial charge is 0.410 e. The van der Waals surface area contributed by atoms with Gasteiger partial charge in [-0.15, -0.1) is 0 Å². The number of hydrogen-bond donors (Lipinski definition) is 2. The molecule has 0 bridgehead atoms. The van der Waals surface area contributed by atoms with Crippen molar-refractivity contribution in [3.8, 4) is 0 Å². The van der Waals surface area contributed by atoms with Gasteiger partial charge in [-0.05, 0) is 34.6 Å². The van der Waals surface area contributed by atoms with E-state index >= 15 is 0 Å². The zero-order valence-electron chi connectivity index (χ0n) is 12.6. The molecule has 1 rings (SSSR count). The van der Waals surface area contributed by atoms with Crippen LogP contribution in [0.15, 0.2) is 4.99 Å². The molecule has 0 aromatic rings. The van der Waals surface area contributed by atoms with Gasteiger partial charge in [0.05, 0.1) is 6.04 Å². The van der Waals surface area contributed by atoms with Crippen molar-refractivity contribution < 1.29 is 9.53 Å². The van der Waals surface area contributed by atoms with Crippen LogP contribution >= 0.6 is 0 Å². The van der Waals surface area contributed by atoms with E-state index in [1.807, 2.05) is 34.6 Å². The zero-order valence-corrected chi connectivity index (χ0v) is 12.6. The van der Waals surface area contributed by atoms with Crippen molar-refractivity contribution in [3.05, 3.63) is 0 Å². The highest BCUT2D eigenvalue weighted by molar-refractivity contribution is 5.80. The quantitative estimate of drug-likeness (QED) is 0.597. The Kier molecular flexibility index (Phi) is 5.44. The molecule has 0 aromatic heterocycles. The van der Waals surface area contributed by atoms with E-state index < -0.39 is 5.60 Å². The third-order valence-corrected chi connectivity index (χ3v) is 2.53. The number of amides is 1. The van der Waals surface area contributed by atoms with Crippen molar-refractivity contribution >= 4 is 12.1 Å². The first-order valence-electron chi connectivity index (χ1n) is 6.88. The maximum absolute atomic E-state index is 11.8. The van der Waals surface area contributed by atoms with Crippen LogP contribution in [0.4, 0.5) is 4.79 Å². The molecule has 19 heavy (non-hydrogen) atoms. The van der Waals surface area contributed by atoms with E-state index in [1.54, 1.807) is 4.90 Å². The summed E-state index contributed by atoms with van der Waals surface area (Å²) in [5.74, 6) is 0.804. The van der Waals surface area contributed by atoms with Gasteiger partial charge in [-0.3, -0.25) is 4.99 Å². The van der Waals surface area contributed by atoms with Gasteiger partial charge >= 0.3 is 6.09 Å². The first-order chi connectivity index (χ1) is 8.85. The fourth-order valence-electron chi connectivity index (χ4n) is 1.72. The molecule has 0 aliphatic carbocycles. The number of ether oxygens (including phenoxy) is 1. The lowest BCUT2D eigenvalue weighted by molar-refractivity contribution is 0.00701. The number of rotatable bonds is 3. The third kappa shape index (κ3) is 5.36. The molecule has 1 fully saturated rings. The molecule has 0 saturated carbocycles. The van der Waals surface area contributed by atoms with Gasteiger partial charge in [0.25, 0.3) is 0 Å². The summed E-state index contributed by atoms with van der Waals surface area (Å²) in [5.41, 5.74) is -0.436. The first-order valence-corrected chi connectivity index (χ1v) is 6.88. The molecule has 1 heterocycles. The van der Waals surface area contributed by atoms with E-state index in [9.17, 15) is 4.79 Å². The van der Waals surface area contributed by atoms with Crippen molar-refractivity contribution in [2.75, 3.05) is 26.2 Å². The van der Waals surface area contributed by atoms with Crippen LogP contribution in [0.3, 0.4) is 0 Å². The van der Waals surface area contributed by atoms with Crippen LogP contribution in [0, 0.1) is 0 Å². The Hall–Kier alpha value is -1.46. The van der Waals surface area contributed by atoms with Gasteiger partial charge in [0.15, 0.2) is 5.96 Å². The second kappa shape index (κ2) is 6.63. The van der Waals surface area contributed by atoms with Crippen molar-refractivity contribution in [2.24, 2.45) is 4.99 Å². The van der Waals surface area contributed by atoms with Gasteiger partial charge in [-0.1, -0.05) is 0 Å². The molecule has 0 aromatic carbocycles. The van der Waals surface area contributed by atoms with Crippen LogP contribution in [0.2, 0.25) is 0 Å². The lowest BCUT2D eigenvalue weighted by atomic mass is 10.1. The number of aliphatic imine (C=N–C) groups is 1. The van der Waals surface area contributed by atoms with Gasteiger partial charge in [-0.2, -0.15) is 0 Å². The number of carbonyl (C=O) groups is 1. The van der Waals surface area contributed by atoms with Gasteiger partial charge in [0.2, 0.25) is 0 Å². The van der Waals surface area contributed by atoms with Crippen molar-refractivity contribution in [1.82, 2.24) is 15.5 Å². The molecular formula is C13H26N4O2. The number of guanidine groups is 1. The predicted octanol–water partition coefficient (Wildman–Crippen LogP) is 1.18. The van der Waals surface area contributed by atoms with Crippen molar-refractivity contribution in [1.29, 1.82) is 0 Å². The monoisotopic (exact) mass is 270 g/mol. The molecule has 1 amide bonds. The number of nitrogens with zero attached hydrogens (tertiary/aromatic N) is 2. The minimum absolute atomic E-state index is 0.247. The zero-order chi connectivity index (χ0) is 14.5. The summed E-state index contributed by atoms with van der Waals surface area (Å²) in [6.07, 6.45) is -0.247. The number of hydrogen-bond acceptors (Lipinski definition) is 3. The molecule has 110 valence electrons. The molecule has 0 unspecified atom stereocenters. The molecular weight excluding hydrogens is 244 g/mol. The summed E-state index contributed by atoms with van der Waals surface area (Å²) in [4.78, 5) is 17.8. The second-order valence-electron chi connectivity index (χ2n) is 5.58. The summed E-state index contributed by atoms with van der Waals surface area (Å²) >= 11 is 0. The predicted molar refractivity (Wildman–Crippen MR) is 76.4 cm³/mol. The normalized spacial score (nSPS) is 16.9. The van der Waals surface area contributed by atoms with Crippen LogP contribution in [0.25, 0.3) is 0 Å². The minimum atomic E-state index is -0.436. The second-order valence-corrected chi connectivity index (χ2v) is 5.58. The molecule has 2 N–H and O–H groups in total. The largest absolute Gasteiger partial charge is 0.444 e. The minimum Gasteiger partial charge on any atom is -0.444 e. The SMILES string of the molecule is CCN=C(NCC)NC1CN(C(=O)OC(C)(C)C)C1. The highest BCUT2D eigenvalue weighted by Gasteiger charge is 2.34. The topological polar surface area (TPSA) is 66.0 Å². The number of carbonyl (C=O) groups excluding carboxylic acids is 1. The van der Waals surface area contributed by atoms with Gasteiger partial charge < -0.3 is 20.3 Å². The molecule has 0 spiro atoms. The summed E-state index contributed by atoms with van der Waals surface area (Å²) in [6, 6.07) is 0.247. The lowest BCUT2D eigenvalue weighted by Crippen LogP contribution is -2.63. The van der Waals surface area contributed by atoms with Crippen LogP contribution in [0.5, 0.6) is 0 Å². The lowest BCUT2D eigenvalue weighted by Gasteiger charge is -2.40. The molecule has 1 saturated heterocycles. The van der Waals surface area contributed by atoms with Gasteiger partial charge in [0, 0.05) is 26.2 Å². The first kappa shape index (κ1) is 15.6. The van der Waals surface area contributed by atoms with E-state index in [4.69, 9.17) is 4.74 Å². The molecule has 0 atom stereocenters. The van der Waals surface area contributed by atoms with E-state index in [1.165, 1.54) is 0 Å². The maximum atomic E-state index is 11.8. The Morgan fingerprint density at radius 2 is 2.00 bits per heavy atom. The Morgan fingerprint density at radius 1 is 1.37 bits per heavy atom. The molecule has 6 heteroatoms. The van der Waals surface area contributed by atoms with E-state index in [0.29, 0.717) is 13.1 Å². The van der Waals surface area contributed by atoms with Crippen LogP contribution in [0.1, 0.15) is 34.6 Å². The van der Waals surface area contributed by atoms with E-state index in [-0.39, 0.29) is 12.1 Å². The van der Waals surface area contributed by atoms with Crippen molar-refractivity contribution in [2.45, 2.75) is 46.3 Å². The summed E-state index contributed by atoms with van der Waals surface area (Å²) in [7, 11) is 0. The Bertz CT molecular complexity index is 330. The number of nitrogens with one attached hydrogen (secondary N) is 2. The Balaban J connectivity index is 2.33. The van der Waals surface area contributed by atoms with Gasteiger partial charge in [-0.25, -0.2) is 4.79 Å². The van der Waals surface area contributed by atoms with Crippen LogP contribution in [-0.4, -0.2) is 54.8 Å². The van der Waals surface area contributed by atoms with E-state index in [2.05, 4.69) is 15.6 Å². The Labute approximate surface area is 115 Å². The third-order valence-electron chi connectivity index (χ3n) is 2.53. The Morgan fingerprint density at radius 3 is 2.47 bits per heavy atom. The number of likely N-dealkylation sites (tertiary alicyclic amines) is 1. The molecule has 1 aliphatic heterocycles. The fraction of sp³-hybridized carbons (Fsp3) is 0.846. The van der Waals surface area contributed by atoms with Crippen LogP contribution in [-0.2, 0) is 4.74 Å². The maximum Gasteiger partial charge on any atom is 0.410 e. The van der Waals surface area contributed by atoms with E-state index in [0.717, 1.165) is 19.0 Å². The molecule has 1 aliphatic rings. The molecule has 6 nitrogen and oxygen atoms in total. The highest BCUT2D eigenvalue weighted by Crippen LogP contribution is 2.14. The van der Waals surface area contributed by atoms with Crippen LogP contribution < -0.4 is 10.6 Å². The van der Waals surface area contributed by atoms with Crippen molar-refractivity contribution in [3.63, 3.8) is 0 Å². The summed E-state index contributed by atoms with van der Waals surface area (Å²) < 4.78 is 5.30. The summed E-state index contributed by atoms with van der Waals surface area (Å²) in [6.45, 7) is 12.5. The standard InChI is InChI=1S/C13H26N4O2/c1-6-14-11(15-7-2)16-10-8-17(9-10)12(18)19-13(3,4)5/h10H,6-9H2,1-5H3,(H2,14,15,16). The average molecular weight is 270 g/mol. The highest BCUT2D eigenvalue weighted by atomic mass is 16.6. The fourth-order valence-corrected chi connectivity index (χ4v) is 1.72. The summed E-state index contributed by atoms with van der Waals surface area (Å²) in [5, 5.41) is 6.46. The average Bonchev–Trinajstić information content (AvgIpc) is 2.20. The molecule has 0 radical (unpaired) electrons.